The van der Waals surface area contributed by atoms with Crippen molar-refractivity contribution in [2.45, 2.75) is 12.5 Å². The van der Waals surface area contributed by atoms with E-state index in [-0.39, 0.29) is 28.0 Å². The summed E-state index contributed by atoms with van der Waals surface area (Å²) in [6, 6.07) is 8.36. The number of Topliss-reactive ketones (excluding diaryl/α,β-unsaturated/α-hetero) is 1. The van der Waals surface area contributed by atoms with Crippen LogP contribution in [-0.4, -0.2) is 33.7 Å². The van der Waals surface area contributed by atoms with Gasteiger partial charge in [0.1, 0.15) is 17.5 Å². The van der Waals surface area contributed by atoms with E-state index in [0.29, 0.717) is 12.2 Å². The molecule has 142 valence electrons. The average molecular weight is 397 g/mol. The summed E-state index contributed by atoms with van der Waals surface area (Å²) >= 11 is 0.922. The Balaban J connectivity index is 1.68. The van der Waals surface area contributed by atoms with Gasteiger partial charge in [-0.3, -0.25) is 19.6 Å². The van der Waals surface area contributed by atoms with Gasteiger partial charge in [-0.05, 0) is 17.7 Å². The van der Waals surface area contributed by atoms with Crippen molar-refractivity contribution in [3.05, 3.63) is 59.7 Å². The Morgan fingerprint density at radius 3 is 2.82 bits per heavy atom. The topological polar surface area (TPSA) is 81.2 Å². The van der Waals surface area contributed by atoms with E-state index in [2.05, 4.69) is 15.3 Å². The first-order valence-electron chi connectivity index (χ1n) is 8.57. The number of anilines is 1. The minimum atomic E-state index is -1.07. The number of para-hydroxylation sites is 1. The van der Waals surface area contributed by atoms with Gasteiger partial charge in [0.15, 0.2) is 5.78 Å². The molecule has 2 aromatic carbocycles. The lowest BCUT2D eigenvalue weighted by molar-refractivity contribution is -0.122. The number of methoxy groups -OCH3 is 1. The maximum absolute atomic E-state index is 14.5. The number of thioether (sulfide) groups is 1. The SMILES string of the molecule is COc1cc(F)c(C2C(=O)CSC2=O)cc1NCc1cccc2nccnc12. The number of ether oxygens (including phenoxy) is 1. The molecule has 0 radical (unpaired) electrons. The van der Waals surface area contributed by atoms with Gasteiger partial charge in [0, 0.05) is 30.6 Å². The summed E-state index contributed by atoms with van der Waals surface area (Å²) in [5, 5.41) is 2.88. The molecule has 1 unspecified atom stereocenters. The summed E-state index contributed by atoms with van der Waals surface area (Å²) in [5.74, 6) is -1.62. The quantitative estimate of drug-likeness (QED) is 0.662. The van der Waals surface area contributed by atoms with Crippen molar-refractivity contribution >= 4 is 39.4 Å². The molecule has 1 saturated heterocycles. The van der Waals surface area contributed by atoms with E-state index >= 15 is 0 Å². The van der Waals surface area contributed by atoms with Gasteiger partial charge < -0.3 is 10.1 Å². The molecule has 0 amide bonds. The molecule has 1 aromatic heterocycles. The van der Waals surface area contributed by atoms with Crippen LogP contribution in [0.5, 0.6) is 5.75 Å². The predicted molar refractivity (Wildman–Crippen MR) is 105 cm³/mol. The normalized spacial score (nSPS) is 16.6. The second kappa shape index (κ2) is 7.55. The van der Waals surface area contributed by atoms with Crippen molar-refractivity contribution in [3.63, 3.8) is 0 Å². The molecule has 6 nitrogen and oxygen atoms in total. The zero-order valence-electron chi connectivity index (χ0n) is 14.9. The zero-order valence-corrected chi connectivity index (χ0v) is 15.8. The van der Waals surface area contributed by atoms with Crippen molar-refractivity contribution in [1.82, 2.24) is 9.97 Å². The van der Waals surface area contributed by atoms with Crippen molar-refractivity contribution in [2.75, 3.05) is 18.2 Å². The lowest BCUT2D eigenvalue weighted by Crippen LogP contribution is -2.15. The summed E-state index contributed by atoms with van der Waals surface area (Å²) in [4.78, 5) is 32.7. The minimum Gasteiger partial charge on any atom is -0.494 e. The van der Waals surface area contributed by atoms with Crippen molar-refractivity contribution < 1.29 is 18.7 Å². The maximum Gasteiger partial charge on any atom is 0.204 e. The first-order valence-corrected chi connectivity index (χ1v) is 9.56. The van der Waals surface area contributed by atoms with E-state index in [1.165, 1.54) is 19.2 Å². The first kappa shape index (κ1) is 18.4. The van der Waals surface area contributed by atoms with Gasteiger partial charge in [0.25, 0.3) is 0 Å². The number of aromatic nitrogens is 2. The maximum atomic E-state index is 14.5. The number of fused-ring (bicyclic) bond motifs is 1. The van der Waals surface area contributed by atoms with Crippen LogP contribution < -0.4 is 10.1 Å². The summed E-state index contributed by atoms with van der Waals surface area (Å²) < 4.78 is 19.8. The van der Waals surface area contributed by atoms with E-state index in [1.54, 1.807) is 12.4 Å². The van der Waals surface area contributed by atoms with Crippen LogP contribution in [0.1, 0.15) is 17.0 Å². The third kappa shape index (κ3) is 3.31. The lowest BCUT2D eigenvalue weighted by atomic mass is 9.95. The zero-order chi connectivity index (χ0) is 19.7. The lowest BCUT2D eigenvalue weighted by Gasteiger charge is -2.16. The standard InChI is InChI=1S/C20H16FN3O3S/c1-27-17-8-13(21)12(18-16(25)10-28-20(18)26)7-15(17)24-9-11-3-2-4-14-19(11)23-6-5-22-14/h2-8,18,24H,9-10H2,1H3. The molecule has 0 aliphatic carbocycles. The van der Waals surface area contributed by atoms with Gasteiger partial charge in [-0.2, -0.15) is 0 Å². The Hall–Kier alpha value is -3.00. The molecule has 3 aromatic rings. The number of rotatable bonds is 5. The number of hydrogen-bond acceptors (Lipinski definition) is 7. The summed E-state index contributed by atoms with van der Waals surface area (Å²) in [5.41, 5.74) is 3.00. The molecule has 4 rings (SSSR count). The number of carbonyl (C=O) groups excluding carboxylic acids is 2. The fraction of sp³-hybridized carbons (Fsp3) is 0.200. The van der Waals surface area contributed by atoms with Crippen LogP contribution in [0.4, 0.5) is 10.1 Å². The molecule has 8 heteroatoms. The second-order valence-corrected chi connectivity index (χ2v) is 7.26. The molecule has 0 saturated carbocycles. The molecular formula is C20H16FN3O3S. The number of benzene rings is 2. The van der Waals surface area contributed by atoms with E-state index in [0.717, 1.165) is 28.4 Å². The Morgan fingerprint density at radius 2 is 2.07 bits per heavy atom. The smallest absolute Gasteiger partial charge is 0.204 e. The Kier molecular flexibility index (Phi) is 4.95. The van der Waals surface area contributed by atoms with E-state index in [4.69, 9.17) is 4.74 Å². The van der Waals surface area contributed by atoms with Crippen molar-refractivity contribution in [3.8, 4) is 5.75 Å². The second-order valence-electron chi connectivity index (χ2n) is 6.28. The largest absolute Gasteiger partial charge is 0.494 e. The molecule has 1 aliphatic heterocycles. The molecule has 0 spiro atoms. The Bertz CT molecular complexity index is 1070. The molecule has 28 heavy (non-hydrogen) atoms. The highest BCUT2D eigenvalue weighted by atomic mass is 32.2. The summed E-state index contributed by atoms with van der Waals surface area (Å²) in [6.45, 7) is 0.388. The number of halogens is 1. The Morgan fingerprint density at radius 1 is 1.25 bits per heavy atom. The van der Waals surface area contributed by atoms with Gasteiger partial charge in [-0.1, -0.05) is 23.9 Å². The number of nitrogens with one attached hydrogen (secondary N) is 1. The monoisotopic (exact) mass is 397 g/mol. The number of carbonyl (C=O) groups is 2. The van der Waals surface area contributed by atoms with Crippen molar-refractivity contribution in [1.29, 1.82) is 0 Å². The molecule has 1 atom stereocenters. The van der Waals surface area contributed by atoms with Crippen molar-refractivity contribution in [2.24, 2.45) is 0 Å². The number of hydrogen-bond donors (Lipinski definition) is 1. The van der Waals surface area contributed by atoms with Crippen LogP contribution in [0.3, 0.4) is 0 Å². The van der Waals surface area contributed by atoms with Crippen LogP contribution in [0.2, 0.25) is 0 Å². The highest BCUT2D eigenvalue weighted by Crippen LogP contribution is 2.37. The van der Waals surface area contributed by atoms with E-state index in [9.17, 15) is 14.0 Å². The summed E-state index contributed by atoms with van der Waals surface area (Å²) in [6.07, 6.45) is 3.25. The highest BCUT2D eigenvalue weighted by molar-refractivity contribution is 8.15. The Labute approximate surface area is 164 Å². The van der Waals surface area contributed by atoms with E-state index in [1.807, 2.05) is 18.2 Å². The summed E-state index contributed by atoms with van der Waals surface area (Å²) in [7, 11) is 1.44. The van der Waals surface area contributed by atoms with Crippen LogP contribution in [0.25, 0.3) is 11.0 Å². The van der Waals surface area contributed by atoms with Gasteiger partial charge in [0.05, 0.1) is 29.6 Å². The average Bonchev–Trinajstić information content (AvgIpc) is 3.05. The fourth-order valence-electron chi connectivity index (χ4n) is 3.23. The minimum absolute atomic E-state index is 0.0704. The third-order valence-corrected chi connectivity index (χ3v) is 5.54. The molecule has 2 heterocycles. The van der Waals surface area contributed by atoms with E-state index < -0.39 is 11.7 Å². The third-order valence-electron chi connectivity index (χ3n) is 4.60. The fourth-order valence-corrected chi connectivity index (χ4v) is 4.10. The van der Waals surface area contributed by atoms with Gasteiger partial charge >= 0.3 is 0 Å². The van der Waals surface area contributed by atoms with Gasteiger partial charge in [-0.15, -0.1) is 0 Å². The highest BCUT2D eigenvalue weighted by Gasteiger charge is 2.37. The predicted octanol–water partition coefficient (Wildman–Crippen LogP) is 3.32. The molecular weight excluding hydrogens is 381 g/mol. The van der Waals surface area contributed by atoms with Gasteiger partial charge in [-0.25, -0.2) is 4.39 Å². The molecule has 0 bridgehead atoms. The van der Waals surface area contributed by atoms with Crippen LogP contribution in [0.15, 0.2) is 42.7 Å². The van der Waals surface area contributed by atoms with Crippen LogP contribution in [-0.2, 0) is 16.1 Å². The van der Waals surface area contributed by atoms with Crippen LogP contribution >= 0.6 is 11.8 Å². The van der Waals surface area contributed by atoms with Gasteiger partial charge in [0.2, 0.25) is 5.12 Å². The first-order chi connectivity index (χ1) is 13.6. The molecule has 1 N–H and O–H groups in total. The molecule has 1 fully saturated rings. The van der Waals surface area contributed by atoms with Crippen LogP contribution in [0, 0.1) is 5.82 Å². The number of nitrogens with zero attached hydrogens (tertiary/aromatic N) is 2. The molecule has 1 aliphatic rings. The number of ketones is 1.